The fourth-order valence-corrected chi connectivity index (χ4v) is 2.36. The summed E-state index contributed by atoms with van der Waals surface area (Å²) in [6.45, 7) is 4.39. The number of nitrogens with one attached hydrogen (secondary N) is 1. The number of hydrogen-bond acceptors (Lipinski definition) is 2. The van der Waals surface area contributed by atoms with Gasteiger partial charge in [-0.05, 0) is 36.5 Å². The lowest BCUT2D eigenvalue weighted by molar-refractivity contribution is 0.169. The van der Waals surface area contributed by atoms with Gasteiger partial charge in [0.15, 0.2) is 0 Å². The van der Waals surface area contributed by atoms with E-state index in [0.717, 1.165) is 25.1 Å². The molecule has 1 aliphatic rings. The van der Waals surface area contributed by atoms with E-state index < -0.39 is 0 Å². The molecule has 0 bridgehead atoms. The summed E-state index contributed by atoms with van der Waals surface area (Å²) >= 11 is 0. The van der Waals surface area contributed by atoms with Crippen LogP contribution in [0.3, 0.4) is 0 Å². The Morgan fingerprint density at radius 2 is 2.21 bits per heavy atom. The van der Waals surface area contributed by atoms with Gasteiger partial charge in [-0.2, -0.15) is 5.26 Å². The van der Waals surface area contributed by atoms with Gasteiger partial charge in [-0.1, -0.05) is 19.1 Å². The van der Waals surface area contributed by atoms with Crippen LogP contribution in [-0.4, -0.2) is 24.0 Å². The lowest BCUT2D eigenvalue weighted by Crippen LogP contribution is -2.44. The number of amides is 2. The van der Waals surface area contributed by atoms with E-state index in [2.05, 4.69) is 18.3 Å². The Balaban J connectivity index is 1.84. The molecule has 1 N–H and O–H groups in total. The first-order chi connectivity index (χ1) is 9.19. The summed E-state index contributed by atoms with van der Waals surface area (Å²) in [6.07, 6.45) is 2.30. The maximum absolute atomic E-state index is 12.0. The molecule has 1 unspecified atom stereocenters. The predicted octanol–water partition coefficient (Wildman–Crippen LogP) is 2.50. The monoisotopic (exact) mass is 257 g/mol. The highest BCUT2D eigenvalue weighted by atomic mass is 16.2. The maximum atomic E-state index is 12.0. The number of hydrogen-bond donors (Lipinski definition) is 1. The van der Waals surface area contributed by atoms with Crippen molar-refractivity contribution in [1.29, 1.82) is 5.26 Å². The van der Waals surface area contributed by atoms with E-state index in [4.69, 9.17) is 5.26 Å². The molecular weight excluding hydrogens is 238 g/mol. The average molecular weight is 257 g/mol. The van der Waals surface area contributed by atoms with Crippen LogP contribution < -0.4 is 5.32 Å². The lowest BCUT2D eigenvalue weighted by Gasteiger charge is -2.30. The second kappa shape index (κ2) is 6.24. The molecule has 0 aromatic heterocycles. The van der Waals surface area contributed by atoms with Crippen molar-refractivity contribution in [2.24, 2.45) is 5.92 Å². The third-order valence-corrected chi connectivity index (χ3v) is 3.47. The van der Waals surface area contributed by atoms with Crippen molar-refractivity contribution >= 4 is 6.03 Å². The molecule has 0 saturated carbocycles. The van der Waals surface area contributed by atoms with E-state index in [1.165, 1.54) is 6.42 Å². The fourth-order valence-electron chi connectivity index (χ4n) is 2.36. The minimum absolute atomic E-state index is 0.0101. The molecule has 0 spiro atoms. The molecule has 2 amide bonds. The number of benzene rings is 1. The van der Waals surface area contributed by atoms with Gasteiger partial charge in [-0.15, -0.1) is 0 Å². The van der Waals surface area contributed by atoms with E-state index in [0.29, 0.717) is 18.0 Å². The van der Waals surface area contributed by atoms with Crippen LogP contribution in [0.5, 0.6) is 0 Å². The minimum Gasteiger partial charge on any atom is -0.334 e. The molecule has 100 valence electrons. The van der Waals surface area contributed by atoms with Crippen LogP contribution >= 0.6 is 0 Å². The number of rotatable bonds is 2. The molecule has 4 nitrogen and oxygen atoms in total. The third kappa shape index (κ3) is 3.72. The highest BCUT2D eigenvalue weighted by Crippen LogP contribution is 2.15. The number of piperidine rings is 1. The molecule has 1 fully saturated rings. The topological polar surface area (TPSA) is 56.1 Å². The Kier molecular flexibility index (Phi) is 4.40. The highest BCUT2D eigenvalue weighted by molar-refractivity contribution is 5.74. The van der Waals surface area contributed by atoms with Gasteiger partial charge in [-0.3, -0.25) is 0 Å². The van der Waals surface area contributed by atoms with Gasteiger partial charge in [0, 0.05) is 19.6 Å². The normalized spacial score (nSPS) is 18.7. The van der Waals surface area contributed by atoms with Gasteiger partial charge in [-0.25, -0.2) is 4.79 Å². The summed E-state index contributed by atoms with van der Waals surface area (Å²) in [5, 5.41) is 11.6. The van der Waals surface area contributed by atoms with Crippen molar-refractivity contribution in [2.45, 2.75) is 26.3 Å². The molecule has 1 aromatic rings. The summed E-state index contributed by atoms with van der Waals surface area (Å²) in [6, 6.07) is 9.37. The van der Waals surface area contributed by atoms with Crippen LogP contribution in [0.1, 0.15) is 30.9 Å². The first-order valence-corrected chi connectivity index (χ1v) is 6.71. The zero-order valence-electron chi connectivity index (χ0n) is 11.2. The SMILES string of the molecule is CC1CCCN(C(=O)NCc2ccc(C#N)cc2)C1. The molecule has 0 radical (unpaired) electrons. The van der Waals surface area contributed by atoms with Crippen molar-refractivity contribution in [2.75, 3.05) is 13.1 Å². The summed E-state index contributed by atoms with van der Waals surface area (Å²) < 4.78 is 0. The average Bonchev–Trinajstić information content (AvgIpc) is 2.45. The fraction of sp³-hybridized carbons (Fsp3) is 0.467. The number of carbonyl (C=O) groups is 1. The summed E-state index contributed by atoms with van der Waals surface area (Å²) in [5.74, 6) is 0.592. The van der Waals surface area contributed by atoms with E-state index in [1.54, 1.807) is 12.1 Å². The van der Waals surface area contributed by atoms with Crippen molar-refractivity contribution in [3.05, 3.63) is 35.4 Å². The van der Waals surface area contributed by atoms with Crippen molar-refractivity contribution < 1.29 is 4.79 Å². The molecule has 1 heterocycles. The second-order valence-electron chi connectivity index (χ2n) is 5.16. The van der Waals surface area contributed by atoms with Crippen LogP contribution in [-0.2, 0) is 6.54 Å². The molecule has 4 heteroatoms. The quantitative estimate of drug-likeness (QED) is 0.885. The number of nitriles is 1. The van der Waals surface area contributed by atoms with Crippen molar-refractivity contribution in [3.8, 4) is 6.07 Å². The van der Waals surface area contributed by atoms with Crippen LogP contribution in [0.15, 0.2) is 24.3 Å². The summed E-state index contributed by atoms with van der Waals surface area (Å²) in [4.78, 5) is 13.9. The number of urea groups is 1. The molecule has 19 heavy (non-hydrogen) atoms. The molecule has 1 atom stereocenters. The van der Waals surface area contributed by atoms with Crippen LogP contribution in [0.2, 0.25) is 0 Å². The number of carbonyl (C=O) groups excluding carboxylic acids is 1. The summed E-state index contributed by atoms with van der Waals surface area (Å²) in [7, 11) is 0. The van der Waals surface area contributed by atoms with Gasteiger partial charge in [0.2, 0.25) is 0 Å². The molecule has 1 aromatic carbocycles. The van der Waals surface area contributed by atoms with Gasteiger partial charge >= 0.3 is 6.03 Å². The largest absolute Gasteiger partial charge is 0.334 e. The van der Waals surface area contributed by atoms with E-state index in [-0.39, 0.29) is 6.03 Å². The minimum atomic E-state index is 0.0101. The molecule has 1 aliphatic heterocycles. The number of likely N-dealkylation sites (tertiary alicyclic amines) is 1. The zero-order valence-corrected chi connectivity index (χ0v) is 11.2. The Hall–Kier alpha value is -2.02. The van der Waals surface area contributed by atoms with Gasteiger partial charge in [0.05, 0.1) is 11.6 Å². The van der Waals surface area contributed by atoms with E-state index >= 15 is 0 Å². The van der Waals surface area contributed by atoms with E-state index in [9.17, 15) is 4.79 Å². The number of nitrogens with zero attached hydrogens (tertiary/aromatic N) is 2. The van der Waals surface area contributed by atoms with Gasteiger partial charge < -0.3 is 10.2 Å². The predicted molar refractivity (Wildman–Crippen MR) is 73.4 cm³/mol. The third-order valence-electron chi connectivity index (χ3n) is 3.47. The zero-order chi connectivity index (χ0) is 13.7. The maximum Gasteiger partial charge on any atom is 0.317 e. The van der Waals surface area contributed by atoms with E-state index in [1.807, 2.05) is 17.0 Å². The van der Waals surface area contributed by atoms with Crippen LogP contribution in [0.25, 0.3) is 0 Å². The Bertz CT molecular complexity index is 475. The Labute approximate surface area is 114 Å². The van der Waals surface area contributed by atoms with Gasteiger partial charge in [0.1, 0.15) is 0 Å². The molecular formula is C15H19N3O. The second-order valence-corrected chi connectivity index (χ2v) is 5.16. The molecule has 1 saturated heterocycles. The Morgan fingerprint density at radius 1 is 1.47 bits per heavy atom. The Morgan fingerprint density at radius 3 is 2.84 bits per heavy atom. The smallest absolute Gasteiger partial charge is 0.317 e. The molecule has 2 rings (SSSR count). The lowest BCUT2D eigenvalue weighted by atomic mass is 10.0. The first kappa shape index (κ1) is 13.4. The first-order valence-electron chi connectivity index (χ1n) is 6.71. The van der Waals surface area contributed by atoms with Crippen molar-refractivity contribution in [1.82, 2.24) is 10.2 Å². The standard InChI is InChI=1S/C15H19N3O/c1-12-3-2-8-18(11-12)15(19)17-10-14-6-4-13(9-16)5-7-14/h4-7,12H,2-3,8,10-11H2,1H3,(H,17,19). The molecule has 0 aliphatic carbocycles. The van der Waals surface area contributed by atoms with Crippen LogP contribution in [0, 0.1) is 17.2 Å². The highest BCUT2D eigenvalue weighted by Gasteiger charge is 2.20. The summed E-state index contributed by atoms with van der Waals surface area (Å²) in [5.41, 5.74) is 1.65. The van der Waals surface area contributed by atoms with Crippen LogP contribution in [0.4, 0.5) is 4.79 Å². The van der Waals surface area contributed by atoms with Gasteiger partial charge in [0.25, 0.3) is 0 Å². The van der Waals surface area contributed by atoms with Crippen molar-refractivity contribution in [3.63, 3.8) is 0 Å².